The van der Waals surface area contributed by atoms with Crippen LogP contribution in [0, 0.1) is 0 Å². The molecule has 3 nitrogen and oxygen atoms in total. The van der Waals surface area contributed by atoms with Gasteiger partial charge in [0.05, 0.1) is 18.4 Å². The normalized spacial score (nSPS) is 11.9. The number of nitrogens with zero attached hydrogens (tertiary/aromatic N) is 2. The number of halogens is 2. The van der Waals surface area contributed by atoms with Crippen molar-refractivity contribution in [1.82, 2.24) is 10.3 Å². The van der Waals surface area contributed by atoms with Gasteiger partial charge < -0.3 is 10.2 Å². The van der Waals surface area contributed by atoms with Gasteiger partial charge in [-0.25, -0.2) is 8.78 Å². The summed E-state index contributed by atoms with van der Waals surface area (Å²) < 4.78 is 24.8. The second-order valence-electron chi connectivity index (χ2n) is 5.38. The highest BCUT2D eigenvalue weighted by Gasteiger charge is 2.14. The Morgan fingerprint density at radius 1 is 1.39 bits per heavy atom. The van der Waals surface area contributed by atoms with E-state index in [4.69, 9.17) is 0 Å². The molecule has 0 atom stereocenters. The molecule has 0 amide bonds. The van der Waals surface area contributed by atoms with Gasteiger partial charge in [-0.1, -0.05) is 0 Å². The lowest BCUT2D eigenvalue weighted by atomic mass is 10.1. The van der Waals surface area contributed by atoms with Crippen LogP contribution in [0.3, 0.4) is 0 Å². The maximum absolute atomic E-state index is 12.4. The minimum atomic E-state index is -2.35. The van der Waals surface area contributed by atoms with Crippen LogP contribution in [-0.4, -0.2) is 30.5 Å². The summed E-state index contributed by atoms with van der Waals surface area (Å²) in [5.41, 5.74) is 1.71. The molecule has 5 heteroatoms. The van der Waals surface area contributed by atoms with E-state index in [2.05, 4.69) is 31.1 Å². The van der Waals surface area contributed by atoms with E-state index in [1.165, 1.54) is 4.90 Å². The Morgan fingerprint density at radius 3 is 2.61 bits per heavy atom. The van der Waals surface area contributed by atoms with Crippen LogP contribution in [0.4, 0.5) is 14.5 Å². The van der Waals surface area contributed by atoms with E-state index >= 15 is 0 Å². The highest BCUT2D eigenvalue weighted by molar-refractivity contribution is 5.51. The molecule has 0 fully saturated rings. The Morgan fingerprint density at radius 2 is 2.06 bits per heavy atom. The molecule has 1 rings (SSSR count). The van der Waals surface area contributed by atoms with E-state index in [0.29, 0.717) is 6.54 Å². The molecule has 0 bridgehead atoms. The highest BCUT2D eigenvalue weighted by atomic mass is 19.3. The molecule has 1 heterocycles. The van der Waals surface area contributed by atoms with Crippen LogP contribution < -0.4 is 10.2 Å². The van der Waals surface area contributed by atoms with Crippen molar-refractivity contribution in [2.45, 2.75) is 39.3 Å². The minimum absolute atomic E-state index is 0.0121. The number of alkyl halides is 2. The molecule has 1 aromatic rings. The summed E-state index contributed by atoms with van der Waals surface area (Å²) in [6, 6.07) is 1.86. The van der Waals surface area contributed by atoms with E-state index in [0.717, 1.165) is 11.3 Å². The average Bonchev–Trinajstić information content (AvgIpc) is 2.25. The topological polar surface area (TPSA) is 28.2 Å². The summed E-state index contributed by atoms with van der Waals surface area (Å²) in [6.07, 6.45) is 0.958. The molecule has 1 N–H and O–H groups in total. The van der Waals surface area contributed by atoms with E-state index in [-0.39, 0.29) is 12.1 Å². The highest BCUT2D eigenvalue weighted by Crippen LogP contribution is 2.19. The van der Waals surface area contributed by atoms with Gasteiger partial charge in [-0.15, -0.1) is 0 Å². The minimum Gasteiger partial charge on any atom is -0.367 e. The molecule has 102 valence electrons. The van der Waals surface area contributed by atoms with Crippen LogP contribution >= 0.6 is 0 Å². The van der Waals surface area contributed by atoms with Gasteiger partial charge in [0.2, 0.25) is 0 Å². The van der Waals surface area contributed by atoms with Crippen molar-refractivity contribution in [3.05, 3.63) is 24.0 Å². The first-order chi connectivity index (χ1) is 8.29. The molecule has 0 saturated heterocycles. The van der Waals surface area contributed by atoms with Gasteiger partial charge in [0, 0.05) is 25.3 Å². The maximum atomic E-state index is 12.4. The number of hydrogen-bond acceptors (Lipinski definition) is 3. The maximum Gasteiger partial charge on any atom is 0.255 e. The van der Waals surface area contributed by atoms with E-state index in [9.17, 15) is 8.78 Å². The van der Waals surface area contributed by atoms with Crippen LogP contribution in [0.25, 0.3) is 0 Å². The van der Waals surface area contributed by atoms with Crippen LogP contribution in [-0.2, 0) is 6.54 Å². The molecule has 0 aliphatic heterocycles. The van der Waals surface area contributed by atoms with E-state index in [1.54, 1.807) is 19.4 Å². The monoisotopic (exact) mass is 257 g/mol. The smallest absolute Gasteiger partial charge is 0.255 e. The van der Waals surface area contributed by atoms with E-state index in [1.807, 2.05) is 6.07 Å². The number of hydrogen-bond donors (Lipinski definition) is 1. The second kappa shape index (κ2) is 6.09. The number of anilines is 1. The summed E-state index contributed by atoms with van der Waals surface area (Å²) in [5, 5.41) is 3.34. The Hall–Kier alpha value is -1.23. The molecule has 0 aromatic carbocycles. The molecule has 0 unspecified atom stereocenters. The number of rotatable bonds is 5. The van der Waals surface area contributed by atoms with Crippen LogP contribution in [0.2, 0.25) is 0 Å². The third kappa shape index (κ3) is 4.96. The van der Waals surface area contributed by atoms with Crippen molar-refractivity contribution >= 4 is 5.69 Å². The molecular weight excluding hydrogens is 236 g/mol. The molecule has 0 aliphatic carbocycles. The summed E-state index contributed by atoms with van der Waals surface area (Å²) >= 11 is 0. The number of nitrogens with one attached hydrogen (secondary N) is 1. The fraction of sp³-hybridized carbons (Fsp3) is 0.615. The van der Waals surface area contributed by atoms with Gasteiger partial charge >= 0.3 is 0 Å². The first-order valence-electron chi connectivity index (χ1n) is 5.97. The molecule has 1 aromatic heterocycles. The van der Waals surface area contributed by atoms with Crippen molar-refractivity contribution in [2.24, 2.45) is 0 Å². The van der Waals surface area contributed by atoms with Gasteiger partial charge in [-0.05, 0) is 32.4 Å². The SMILES string of the molecule is CN(CC(F)F)c1cnccc1CNC(C)(C)C. The van der Waals surface area contributed by atoms with Gasteiger partial charge in [-0.2, -0.15) is 0 Å². The molecular formula is C13H21F2N3. The van der Waals surface area contributed by atoms with Crippen LogP contribution in [0.15, 0.2) is 18.5 Å². The lowest BCUT2D eigenvalue weighted by Gasteiger charge is -2.25. The predicted octanol–water partition coefficient (Wildman–Crippen LogP) is 2.67. The first-order valence-corrected chi connectivity index (χ1v) is 5.97. The zero-order valence-corrected chi connectivity index (χ0v) is 11.4. The first kappa shape index (κ1) is 14.8. The van der Waals surface area contributed by atoms with Gasteiger partial charge in [-0.3, -0.25) is 4.98 Å². The quantitative estimate of drug-likeness (QED) is 0.879. The predicted molar refractivity (Wildman–Crippen MR) is 70.1 cm³/mol. The largest absolute Gasteiger partial charge is 0.367 e. The van der Waals surface area contributed by atoms with Gasteiger partial charge in [0.1, 0.15) is 0 Å². The van der Waals surface area contributed by atoms with Crippen molar-refractivity contribution in [2.75, 3.05) is 18.5 Å². The van der Waals surface area contributed by atoms with Crippen LogP contribution in [0.5, 0.6) is 0 Å². The Bertz CT molecular complexity index is 375. The number of aromatic nitrogens is 1. The summed E-state index contributed by atoms with van der Waals surface area (Å²) in [6.45, 7) is 6.55. The fourth-order valence-corrected chi connectivity index (χ4v) is 1.57. The summed E-state index contributed by atoms with van der Waals surface area (Å²) in [4.78, 5) is 5.54. The molecule has 0 radical (unpaired) electrons. The Balaban J connectivity index is 2.79. The third-order valence-electron chi connectivity index (χ3n) is 2.52. The summed E-state index contributed by atoms with van der Waals surface area (Å²) in [5.74, 6) is 0. The van der Waals surface area contributed by atoms with Gasteiger partial charge in [0.15, 0.2) is 0 Å². The molecule has 0 saturated carbocycles. The summed E-state index contributed by atoms with van der Waals surface area (Å²) in [7, 11) is 1.66. The lowest BCUT2D eigenvalue weighted by Crippen LogP contribution is -2.35. The second-order valence-corrected chi connectivity index (χ2v) is 5.38. The fourth-order valence-electron chi connectivity index (χ4n) is 1.57. The third-order valence-corrected chi connectivity index (χ3v) is 2.52. The average molecular weight is 257 g/mol. The van der Waals surface area contributed by atoms with Crippen molar-refractivity contribution < 1.29 is 8.78 Å². The van der Waals surface area contributed by atoms with Crippen molar-refractivity contribution in [3.8, 4) is 0 Å². The van der Waals surface area contributed by atoms with Gasteiger partial charge in [0.25, 0.3) is 6.43 Å². The zero-order chi connectivity index (χ0) is 13.8. The van der Waals surface area contributed by atoms with E-state index < -0.39 is 6.43 Å². The van der Waals surface area contributed by atoms with Crippen LogP contribution in [0.1, 0.15) is 26.3 Å². The Kier molecular flexibility index (Phi) is 5.02. The van der Waals surface area contributed by atoms with Crippen molar-refractivity contribution in [1.29, 1.82) is 0 Å². The molecule has 0 aliphatic rings. The number of pyridine rings is 1. The Labute approximate surface area is 107 Å². The standard InChI is InChI=1S/C13H21F2N3/c1-13(2,3)17-7-10-5-6-16-8-11(10)18(4)9-12(14)15/h5-6,8,12,17H,7,9H2,1-4H3. The molecule has 18 heavy (non-hydrogen) atoms. The van der Waals surface area contributed by atoms with Crippen molar-refractivity contribution in [3.63, 3.8) is 0 Å². The zero-order valence-electron chi connectivity index (χ0n) is 11.4. The lowest BCUT2D eigenvalue weighted by molar-refractivity contribution is 0.156. The molecule has 0 spiro atoms.